The highest BCUT2D eigenvalue weighted by Crippen LogP contribution is 2.16. The zero-order valence-electron chi connectivity index (χ0n) is 11.2. The minimum Gasteiger partial charge on any atom is -0.492 e. The SMILES string of the molecule is CCCCCOc1cnccc1CNC(C)C. The van der Waals surface area contributed by atoms with Gasteiger partial charge in [0.2, 0.25) is 0 Å². The number of nitrogens with one attached hydrogen (secondary N) is 1. The van der Waals surface area contributed by atoms with Crippen LogP contribution in [0.4, 0.5) is 0 Å². The predicted molar refractivity (Wildman–Crippen MR) is 71.2 cm³/mol. The molecular formula is C14H24N2O. The van der Waals surface area contributed by atoms with Crippen LogP contribution in [0.1, 0.15) is 45.6 Å². The van der Waals surface area contributed by atoms with Crippen molar-refractivity contribution >= 4 is 0 Å². The van der Waals surface area contributed by atoms with Crippen molar-refractivity contribution in [3.63, 3.8) is 0 Å². The van der Waals surface area contributed by atoms with E-state index in [9.17, 15) is 0 Å². The Bertz CT molecular complexity index is 313. The van der Waals surface area contributed by atoms with E-state index in [1.807, 2.05) is 18.5 Å². The Kier molecular flexibility index (Phi) is 6.63. The molecule has 0 saturated carbocycles. The highest BCUT2D eigenvalue weighted by Gasteiger charge is 2.03. The van der Waals surface area contributed by atoms with Gasteiger partial charge in [-0.15, -0.1) is 0 Å². The van der Waals surface area contributed by atoms with E-state index in [0.717, 1.165) is 25.3 Å². The van der Waals surface area contributed by atoms with E-state index < -0.39 is 0 Å². The highest BCUT2D eigenvalue weighted by atomic mass is 16.5. The molecule has 0 saturated heterocycles. The summed E-state index contributed by atoms with van der Waals surface area (Å²) in [4.78, 5) is 4.12. The summed E-state index contributed by atoms with van der Waals surface area (Å²) in [5.74, 6) is 0.914. The molecule has 1 aromatic heterocycles. The van der Waals surface area contributed by atoms with E-state index in [1.54, 1.807) is 0 Å². The minimum atomic E-state index is 0.483. The molecule has 0 radical (unpaired) electrons. The van der Waals surface area contributed by atoms with Gasteiger partial charge in [-0.05, 0) is 12.5 Å². The number of hydrogen-bond acceptors (Lipinski definition) is 3. The Balaban J connectivity index is 2.46. The van der Waals surface area contributed by atoms with Crippen LogP contribution < -0.4 is 10.1 Å². The lowest BCUT2D eigenvalue weighted by Gasteiger charge is -2.13. The monoisotopic (exact) mass is 236 g/mol. The number of ether oxygens (including phenoxy) is 1. The summed E-state index contributed by atoms with van der Waals surface area (Å²) in [5, 5.41) is 3.40. The van der Waals surface area contributed by atoms with Crippen LogP contribution in [0.3, 0.4) is 0 Å². The Hall–Kier alpha value is -1.09. The second kappa shape index (κ2) is 8.07. The molecule has 17 heavy (non-hydrogen) atoms. The number of unbranched alkanes of at least 4 members (excludes halogenated alkanes) is 2. The van der Waals surface area contributed by atoms with Gasteiger partial charge in [0.25, 0.3) is 0 Å². The van der Waals surface area contributed by atoms with Crippen molar-refractivity contribution in [2.75, 3.05) is 6.61 Å². The van der Waals surface area contributed by atoms with Gasteiger partial charge in [-0.3, -0.25) is 4.98 Å². The fourth-order valence-corrected chi connectivity index (χ4v) is 1.53. The molecule has 0 aromatic carbocycles. The largest absolute Gasteiger partial charge is 0.492 e. The molecule has 0 aliphatic carbocycles. The van der Waals surface area contributed by atoms with Crippen LogP contribution in [0, 0.1) is 0 Å². The van der Waals surface area contributed by atoms with Crippen molar-refractivity contribution in [1.29, 1.82) is 0 Å². The maximum Gasteiger partial charge on any atom is 0.142 e. The predicted octanol–water partition coefficient (Wildman–Crippen LogP) is 3.15. The van der Waals surface area contributed by atoms with Gasteiger partial charge >= 0.3 is 0 Å². The fraction of sp³-hybridized carbons (Fsp3) is 0.643. The lowest BCUT2D eigenvalue weighted by Crippen LogP contribution is -2.22. The summed E-state index contributed by atoms with van der Waals surface area (Å²) in [6, 6.07) is 2.50. The van der Waals surface area contributed by atoms with Crippen molar-refractivity contribution in [3.8, 4) is 5.75 Å². The first-order chi connectivity index (χ1) is 8.24. The molecule has 1 heterocycles. The molecule has 3 nitrogen and oxygen atoms in total. The maximum absolute atomic E-state index is 5.77. The topological polar surface area (TPSA) is 34.1 Å². The van der Waals surface area contributed by atoms with Crippen molar-refractivity contribution in [1.82, 2.24) is 10.3 Å². The summed E-state index contributed by atoms with van der Waals surface area (Å²) in [6.45, 7) is 8.10. The van der Waals surface area contributed by atoms with E-state index in [2.05, 4.69) is 31.1 Å². The summed E-state index contributed by atoms with van der Waals surface area (Å²) in [5.41, 5.74) is 1.19. The quantitative estimate of drug-likeness (QED) is 0.704. The first-order valence-corrected chi connectivity index (χ1v) is 6.53. The van der Waals surface area contributed by atoms with Crippen molar-refractivity contribution < 1.29 is 4.74 Å². The molecule has 0 bridgehead atoms. The molecule has 1 N–H and O–H groups in total. The fourth-order valence-electron chi connectivity index (χ4n) is 1.53. The zero-order chi connectivity index (χ0) is 12.5. The first kappa shape index (κ1) is 14.0. The molecule has 96 valence electrons. The number of nitrogens with zero attached hydrogens (tertiary/aromatic N) is 1. The van der Waals surface area contributed by atoms with E-state index in [4.69, 9.17) is 4.74 Å². The minimum absolute atomic E-state index is 0.483. The third-order valence-electron chi connectivity index (χ3n) is 2.58. The lowest BCUT2D eigenvalue weighted by molar-refractivity contribution is 0.301. The molecule has 0 aliphatic heterocycles. The van der Waals surface area contributed by atoms with Gasteiger partial charge in [-0.2, -0.15) is 0 Å². The molecule has 1 aromatic rings. The molecule has 3 heteroatoms. The molecule has 0 unspecified atom stereocenters. The molecule has 0 aliphatic rings. The molecule has 0 atom stereocenters. The number of hydrogen-bond donors (Lipinski definition) is 1. The van der Waals surface area contributed by atoms with Crippen LogP contribution in [-0.4, -0.2) is 17.6 Å². The van der Waals surface area contributed by atoms with Crippen LogP contribution in [0.5, 0.6) is 5.75 Å². The average molecular weight is 236 g/mol. The Morgan fingerprint density at radius 3 is 2.88 bits per heavy atom. The van der Waals surface area contributed by atoms with Crippen molar-refractivity contribution in [2.45, 2.75) is 52.6 Å². The average Bonchev–Trinajstić information content (AvgIpc) is 2.33. The second-order valence-corrected chi connectivity index (χ2v) is 4.57. The molecule has 0 fully saturated rings. The summed E-state index contributed by atoms with van der Waals surface area (Å²) in [6.07, 6.45) is 7.18. The van der Waals surface area contributed by atoms with Gasteiger partial charge in [-0.25, -0.2) is 0 Å². The normalized spacial score (nSPS) is 10.8. The standard InChI is InChI=1S/C14H24N2O/c1-4-5-6-9-17-14-11-15-8-7-13(14)10-16-12(2)3/h7-8,11-12,16H,4-6,9-10H2,1-3H3. The van der Waals surface area contributed by atoms with Crippen LogP contribution in [0.2, 0.25) is 0 Å². The van der Waals surface area contributed by atoms with Gasteiger partial charge in [0.1, 0.15) is 5.75 Å². The Morgan fingerprint density at radius 1 is 1.35 bits per heavy atom. The van der Waals surface area contributed by atoms with Gasteiger partial charge in [-0.1, -0.05) is 33.6 Å². The number of aromatic nitrogens is 1. The smallest absolute Gasteiger partial charge is 0.142 e. The number of pyridine rings is 1. The molecule has 1 rings (SSSR count). The van der Waals surface area contributed by atoms with Crippen molar-refractivity contribution in [3.05, 3.63) is 24.0 Å². The molecule has 0 amide bonds. The Morgan fingerprint density at radius 2 is 2.18 bits per heavy atom. The highest BCUT2D eigenvalue weighted by molar-refractivity contribution is 5.29. The van der Waals surface area contributed by atoms with Gasteiger partial charge in [0, 0.05) is 24.3 Å². The number of rotatable bonds is 8. The van der Waals surface area contributed by atoms with E-state index >= 15 is 0 Å². The van der Waals surface area contributed by atoms with Gasteiger partial charge < -0.3 is 10.1 Å². The Labute approximate surface area is 105 Å². The lowest BCUT2D eigenvalue weighted by atomic mass is 10.2. The maximum atomic E-state index is 5.77. The third-order valence-corrected chi connectivity index (χ3v) is 2.58. The second-order valence-electron chi connectivity index (χ2n) is 4.57. The van der Waals surface area contributed by atoms with E-state index in [-0.39, 0.29) is 0 Å². The summed E-state index contributed by atoms with van der Waals surface area (Å²) in [7, 11) is 0. The summed E-state index contributed by atoms with van der Waals surface area (Å²) >= 11 is 0. The van der Waals surface area contributed by atoms with Crippen molar-refractivity contribution in [2.24, 2.45) is 0 Å². The van der Waals surface area contributed by atoms with Crippen LogP contribution in [0.15, 0.2) is 18.5 Å². The third kappa shape index (κ3) is 5.68. The van der Waals surface area contributed by atoms with E-state index in [0.29, 0.717) is 6.04 Å². The molecule has 0 spiro atoms. The van der Waals surface area contributed by atoms with Crippen LogP contribution in [-0.2, 0) is 6.54 Å². The van der Waals surface area contributed by atoms with Gasteiger partial charge in [0.15, 0.2) is 0 Å². The molecular weight excluding hydrogens is 212 g/mol. The van der Waals surface area contributed by atoms with E-state index in [1.165, 1.54) is 18.4 Å². The van der Waals surface area contributed by atoms with Crippen LogP contribution in [0.25, 0.3) is 0 Å². The van der Waals surface area contributed by atoms with Crippen LogP contribution >= 0.6 is 0 Å². The van der Waals surface area contributed by atoms with Gasteiger partial charge in [0.05, 0.1) is 12.8 Å². The first-order valence-electron chi connectivity index (χ1n) is 6.53. The summed E-state index contributed by atoms with van der Waals surface area (Å²) < 4.78 is 5.77. The zero-order valence-corrected chi connectivity index (χ0v) is 11.2.